The molecule has 1 atom stereocenters. The molecule has 3 aromatic carbocycles. The van der Waals surface area contributed by atoms with Crippen LogP contribution >= 0.6 is 0 Å². The first-order chi connectivity index (χ1) is 15.2. The number of carbonyl (C=O) groups is 1. The summed E-state index contributed by atoms with van der Waals surface area (Å²) in [7, 11) is 0. The standard InChI is InChI=1S/C20H18FN3O.C6H6/c21-16-4-6-17(7-5-16)24-11-9-15(13-24)20(25)23-19-3-1-2-14-12-22-10-8-18(14)19;1-2-4-6-5-3-1/h1-8,10,12,15H,9,11,13H2,(H,23,25);1-6H/t15-;/m1./s1. The quantitative estimate of drug-likeness (QED) is 0.481. The fraction of sp³-hybridized carbons (Fsp3) is 0.154. The number of aromatic nitrogens is 1. The summed E-state index contributed by atoms with van der Waals surface area (Å²) < 4.78 is 13.1. The van der Waals surface area contributed by atoms with Gasteiger partial charge in [-0.25, -0.2) is 4.39 Å². The number of rotatable bonds is 3. The van der Waals surface area contributed by atoms with Crippen LogP contribution in [0.3, 0.4) is 0 Å². The summed E-state index contributed by atoms with van der Waals surface area (Å²) in [5.41, 5.74) is 1.76. The summed E-state index contributed by atoms with van der Waals surface area (Å²) in [4.78, 5) is 18.9. The average Bonchev–Trinajstić information content (AvgIpc) is 3.32. The monoisotopic (exact) mass is 413 g/mol. The predicted octanol–water partition coefficient (Wildman–Crippen LogP) is 5.53. The molecule has 31 heavy (non-hydrogen) atoms. The lowest BCUT2D eigenvalue weighted by atomic mass is 10.1. The lowest BCUT2D eigenvalue weighted by Crippen LogP contribution is -2.27. The highest BCUT2D eigenvalue weighted by Crippen LogP contribution is 2.27. The third-order valence-corrected chi connectivity index (χ3v) is 5.36. The Labute approximate surface area is 181 Å². The molecule has 2 heterocycles. The minimum absolute atomic E-state index is 0.0222. The minimum atomic E-state index is -0.248. The summed E-state index contributed by atoms with van der Waals surface area (Å²) >= 11 is 0. The fourth-order valence-electron chi connectivity index (χ4n) is 3.71. The van der Waals surface area contributed by atoms with Crippen LogP contribution in [-0.4, -0.2) is 24.0 Å². The van der Waals surface area contributed by atoms with Crippen molar-refractivity contribution in [3.8, 4) is 0 Å². The molecule has 4 aromatic rings. The molecule has 1 aliphatic heterocycles. The number of anilines is 2. The van der Waals surface area contributed by atoms with Gasteiger partial charge in [0.15, 0.2) is 0 Å². The van der Waals surface area contributed by atoms with Crippen molar-refractivity contribution in [1.29, 1.82) is 0 Å². The number of hydrogen-bond donors (Lipinski definition) is 1. The first-order valence-electron chi connectivity index (χ1n) is 10.3. The molecule has 0 aliphatic carbocycles. The molecule has 0 spiro atoms. The summed E-state index contributed by atoms with van der Waals surface area (Å²) in [6.45, 7) is 1.44. The largest absolute Gasteiger partial charge is 0.371 e. The SMILES string of the molecule is O=C(Nc1cccc2cnccc12)[C@@H]1CCN(c2ccc(F)cc2)C1.c1ccccc1. The first-order valence-corrected chi connectivity index (χ1v) is 10.3. The van der Waals surface area contributed by atoms with Crippen LogP contribution in [0.5, 0.6) is 0 Å². The highest BCUT2D eigenvalue weighted by atomic mass is 19.1. The predicted molar refractivity (Wildman–Crippen MR) is 124 cm³/mol. The molecule has 4 nitrogen and oxygen atoms in total. The number of carbonyl (C=O) groups excluding carboxylic acids is 1. The topological polar surface area (TPSA) is 45.2 Å². The Bertz CT molecular complexity index is 1100. The van der Waals surface area contributed by atoms with E-state index in [1.54, 1.807) is 24.5 Å². The normalized spacial score (nSPS) is 15.3. The Morgan fingerprint density at radius 3 is 2.35 bits per heavy atom. The second-order valence-electron chi connectivity index (χ2n) is 7.45. The summed E-state index contributed by atoms with van der Waals surface area (Å²) in [6, 6.07) is 26.1. The van der Waals surface area contributed by atoms with E-state index in [1.165, 1.54) is 12.1 Å². The molecule has 1 N–H and O–H groups in total. The van der Waals surface area contributed by atoms with E-state index in [0.29, 0.717) is 6.54 Å². The zero-order chi connectivity index (χ0) is 21.5. The third kappa shape index (κ3) is 5.25. The zero-order valence-electron chi connectivity index (χ0n) is 17.1. The highest BCUT2D eigenvalue weighted by Gasteiger charge is 2.28. The number of hydrogen-bond acceptors (Lipinski definition) is 3. The maximum absolute atomic E-state index is 13.1. The van der Waals surface area contributed by atoms with Gasteiger partial charge < -0.3 is 10.2 Å². The molecule has 0 saturated carbocycles. The molecule has 0 radical (unpaired) electrons. The van der Waals surface area contributed by atoms with Gasteiger partial charge in [-0.1, -0.05) is 48.5 Å². The van der Waals surface area contributed by atoms with E-state index in [2.05, 4.69) is 15.2 Å². The van der Waals surface area contributed by atoms with Crippen molar-refractivity contribution in [3.05, 3.63) is 103 Å². The lowest BCUT2D eigenvalue weighted by Gasteiger charge is -2.18. The van der Waals surface area contributed by atoms with Gasteiger partial charge in [-0.3, -0.25) is 9.78 Å². The Hall–Kier alpha value is -3.73. The Morgan fingerprint density at radius 1 is 0.935 bits per heavy atom. The molecule has 1 aromatic heterocycles. The Morgan fingerprint density at radius 2 is 1.65 bits per heavy atom. The van der Waals surface area contributed by atoms with E-state index in [1.807, 2.05) is 60.7 Å². The van der Waals surface area contributed by atoms with Gasteiger partial charge in [0.25, 0.3) is 0 Å². The minimum Gasteiger partial charge on any atom is -0.371 e. The molecular weight excluding hydrogens is 389 g/mol. The summed E-state index contributed by atoms with van der Waals surface area (Å²) in [5, 5.41) is 5.04. The van der Waals surface area contributed by atoms with Gasteiger partial charge in [0.1, 0.15) is 5.82 Å². The van der Waals surface area contributed by atoms with Gasteiger partial charge >= 0.3 is 0 Å². The first kappa shape index (κ1) is 20.5. The zero-order valence-corrected chi connectivity index (χ0v) is 17.1. The van der Waals surface area contributed by atoms with E-state index in [4.69, 9.17) is 0 Å². The van der Waals surface area contributed by atoms with Gasteiger partial charge in [0.05, 0.1) is 5.92 Å². The Balaban J connectivity index is 0.000000334. The summed E-state index contributed by atoms with van der Waals surface area (Å²) in [5.74, 6) is -0.307. The molecule has 1 aliphatic rings. The van der Waals surface area contributed by atoms with Crippen LogP contribution in [0.1, 0.15) is 6.42 Å². The third-order valence-electron chi connectivity index (χ3n) is 5.36. The van der Waals surface area contributed by atoms with Gasteiger partial charge in [-0.05, 0) is 42.8 Å². The van der Waals surface area contributed by atoms with Crippen molar-refractivity contribution in [2.75, 3.05) is 23.3 Å². The van der Waals surface area contributed by atoms with E-state index < -0.39 is 0 Å². The number of amides is 1. The molecule has 156 valence electrons. The number of benzene rings is 3. The second kappa shape index (κ2) is 9.85. The van der Waals surface area contributed by atoms with Crippen LogP contribution in [0.4, 0.5) is 15.8 Å². The smallest absolute Gasteiger partial charge is 0.229 e. The van der Waals surface area contributed by atoms with Crippen molar-refractivity contribution < 1.29 is 9.18 Å². The van der Waals surface area contributed by atoms with E-state index in [9.17, 15) is 9.18 Å². The number of halogens is 1. The highest BCUT2D eigenvalue weighted by molar-refractivity contribution is 6.02. The number of nitrogens with one attached hydrogen (secondary N) is 1. The van der Waals surface area contributed by atoms with Gasteiger partial charge in [0.2, 0.25) is 5.91 Å². The van der Waals surface area contributed by atoms with E-state index >= 15 is 0 Å². The van der Waals surface area contributed by atoms with Crippen LogP contribution in [0.15, 0.2) is 97.3 Å². The molecule has 1 saturated heterocycles. The Kier molecular flexibility index (Phi) is 6.53. The van der Waals surface area contributed by atoms with Crippen LogP contribution in [0.25, 0.3) is 10.8 Å². The number of fused-ring (bicyclic) bond motifs is 1. The average molecular weight is 413 g/mol. The van der Waals surface area contributed by atoms with Crippen molar-refractivity contribution >= 4 is 28.1 Å². The molecule has 0 unspecified atom stereocenters. The van der Waals surface area contributed by atoms with Gasteiger partial charge in [0, 0.05) is 47.6 Å². The maximum atomic E-state index is 13.1. The molecule has 5 rings (SSSR count). The number of nitrogens with zero attached hydrogens (tertiary/aromatic N) is 2. The van der Waals surface area contributed by atoms with Gasteiger partial charge in [-0.15, -0.1) is 0 Å². The molecule has 1 amide bonds. The summed E-state index contributed by atoms with van der Waals surface area (Å²) in [6.07, 6.45) is 4.30. The van der Waals surface area contributed by atoms with Crippen molar-refractivity contribution in [2.45, 2.75) is 6.42 Å². The lowest BCUT2D eigenvalue weighted by molar-refractivity contribution is -0.119. The maximum Gasteiger partial charge on any atom is 0.229 e. The molecular formula is C26H24FN3O. The molecule has 5 heteroatoms. The van der Waals surface area contributed by atoms with Crippen LogP contribution in [-0.2, 0) is 4.79 Å². The van der Waals surface area contributed by atoms with Crippen LogP contribution in [0.2, 0.25) is 0 Å². The van der Waals surface area contributed by atoms with Crippen LogP contribution < -0.4 is 10.2 Å². The van der Waals surface area contributed by atoms with E-state index in [-0.39, 0.29) is 17.6 Å². The van der Waals surface area contributed by atoms with Crippen molar-refractivity contribution in [1.82, 2.24) is 4.98 Å². The van der Waals surface area contributed by atoms with Crippen molar-refractivity contribution in [3.63, 3.8) is 0 Å². The number of pyridine rings is 1. The van der Waals surface area contributed by atoms with Crippen molar-refractivity contribution in [2.24, 2.45) is 5.92 Å². The van der Waals surface area contributed by atoms with E-state index in [0.717, 1.165) is 35.1 Å². The molecule has 0 bridgehead atoms. The van der Waals surface area contributed by atoms with Crippen LogP contribution in [0, 0.1) is 11.7 Å². The van der Waals surface area contributed by atoms with Gasteiger partial charge in [-0.2, -0.15) is 0 Å². The molecule has 1 fully saturated rings. The fourth-order valence-corrected chi connectivity index (χ4v) is 3.71. The second-order valence-corrected chi connectivity index (χ2v) is 7.45.